The van der Waals surface area contributed by atoms with E-state index in [2.05, 4.69) is 10.6 Å². The van der Waals surface area contributed by atoms with Crippen LogP contribution in [0.4, 0.5) is 0 Å². The second-order valence-electron chi connectivity index (χ2n) is 4.71. The number of aliphatic carboxylic acids is 1. The van der Waals surface area contributed by atoms with Crippen molar-refractivity contribution < 1.29 is 19.5 Å². The van der Waals surface area contributed by atoms with Crippen LogP contribution in [0.5, 0.6) is 0 Å². The molecule has 0 saturated carbocycles. The van der Waals surface area contributed by atoms with Crippen molar-refractivity contribution in [2.24, 2.45) is 0 Å². The molecule has 3 N–H and O–H groups in total. The van der Waals surface area contributed by atoms with E-state index in [-0.39, 0.29) is 12.5 Å². The molecule has 0 radical (unpaired) electrons. The monoisotopic (exact) mass is 328 g/mol. The summed E-state index contributed by atoms with van der Waals surface area (Å²) in [6.07, 6.45) is 0.801. The van der Waals surface area contributed by atoms with Crippen LogP contribution in [0, 0.1) is 0 Å². The Hall–Kier alpha value is -1.54. The first-order valence-electron chi connectivity index (χ1n) is 6.47. The summed E-state index contributed by atoms with van der Waals surface area (Å²) in [5.74, 6) is -0.416. The molecule has 2 heterocycles. The summed E-state index contributed by atoms with van der Waals surface area (Å²) in [7, 11) is 0. The maximum absolute atomic E-state index is 11.9. The third kappa shape index (κ3) is 3.98. The van der Waals surface area contributed by atoms with Gasteiger partial charge in [-0.15, -0.1) is 11.3 Å². The topological polar surface area (TPSA) is 95.5 Å². The van der Waals surface area contributed by atoms with Crippen molar-refractivity contribution in [2.75, 3.05) is 18.1 Å². The molecule has 1 fully saturated rings. The number of hydrogen-bond acceptors (Lipinski definition) is 5. The van der Waals surface area contributed by atoms with Gasteiger partial charge in [0.2, 0.25) is 5.91 Å². The number of rotatable bonds is 5. The zero-order valence-corrected chi connectivity index (χ0v) is 12.9. The molecule has 1 aliphatic rings. The molecule has 114 valence electrons. The van der Waals surface area contributed by atoms with E-state index in [0.717, 1.165) is 0 Å². The third-order valence-corrected chi connectivity index (χ3v) is 5.14. The van der Waals surface area contributed by atoms with Gasteiger partial charge in [-0.1, -0.05) is 6.07 Å². The van der Waals surface area contributed by atoms with Crippen LogP contribution in [-0.2, 0) is 9.59 Å². The minimum absolute atomic E-state index is 0.223. The molecule has 1 aromatic heterocycles. The van der Waals surface area contributed by atoms with Gasteiger partial charge in [-0.2, -0.15) is 11.8 Å². The predicted octanol–water partition coefficient (Wildman–Crippen LogP) is 0.944. The van der Waals surface area contributed by atoms with Gasteiger partial charge in [0.15, 0.2) is 0 Å². The van der Waals surface area contributed by atoms with Crippen molar-refractivity contribution in [2.45, 2.75) is 18.4 Å². The van der Waals surface area contributed by atoms with E-state index < -0.39 is 17.4 Å². The second kappa shape index (κ2) is 6.95. The van der Waals surface area contributed by atoms with Gasteiger partial charge in [-0.25, -0.2) is 4.79 Å². The highest BCUT2D eigenvalue weighted by atomic mass is 32.2. The molecular formula is C13H16N2O4S2. The van der Waals surface area contributed by atoms with Crippen LogP contribution in [0.3, 0.4) is 0 Å². The highest BCUT2D eigenvalue weighted by Gasteiger charge is 2.41. The molecule has 0 aromatic carbocycles. The van der Waals surface area contributed by atoms with E-state index in [4.69, 9.17) is 0 Å². The van der Waals surface area contributed by atoms with Gasteiger partial charge in [0.1, 0.15) is 5.54 Å². The lowest BCUT2D eigenvalue weighted by atomic mass is 9.92. The van der Waals surface area contributed by atoms with E-state index in [1.54, 1.807) is 29.3 Å². The number of carboxylic acids is 1. The van der Waals surface area contributed by atoms with E-state index in [9.17, 15) is 19.5 Å². The van der Waals surface area contributed by atoms with E-state index in [0.29, 0.717) is 29.2 Å². The van der Waals surface area contributed by atoms with Gasteiger partial charge in [-0.3, -0.25) is 9.59 Å². The van der Waals surface area contributed by atoms with Crippen LogP contribution < -0.4 is 10.6 Å². The third-order valence-electron chi connectivity index (χ3n) is 3.29. The molecule has 0 bridgehead atoms. The Morgan fingerprint density at radius 2 is 2.00 bits per heavy atom. The van der Waals surface area contributed by atoms with Gasteiger partial charge in [0.05, 0.1) is 11.4 Å². The summed E-state index contributed by atoms with van der Waals surface area (Å²) in [6.45, 7) is -0.223. The Bertz CT molecular complexity index is 524. The summed E-state index contributed by atoms with van der Waals surface area (Å²) in [5, 5.41) is 16.2. The molecule has 0 unspecified atom stereocenters. The second-order valence-corrected chi connectivity index (χ2v) is 6.88. The average Bonchev–Trinajstić information content (AvgIpc) is 3.00. The van der Waals surface area contributed by atoms with Crippen LogP contribution in [0.2, 0.25) is 0 Å². The fourth-order valence-electron chi connectivity index (χ4n) is 2.08. The molecule has 1 aromatic rings. The van der Waals surface area contributed by atoms with Gasteiger partial charge in [0.25, 0.3) is 5.91 Å². The van der Waals surface area contributed by atoms with Crippen molar-refractivity contribution in [1.29, 1.82) is 0 Å². The molecule has 0 aliphatic carbocycles. The van der Waals surface area contributed by atoms with E-state index >= 15 is 0 Å². The SMILES string of the molecule is O=C(CNC(=O)c1cccs1)NC1(C(=O)O)CCSCC1. The van der Waals surface area contributed by atoms with E-state index in [1.807, 2.05) is 0 Å². The van der Waals surface area contributed by atoms with E-state index in [1.165, 1.54) is 11.3 Å². The molecule has 1 saturated heterocycles. The lowest BCUT2D eigenvalue weighted by Crippen LogP contribution is -2.58. The number of thioether (sulfide) groups is 1. The number of carbonyl (C=O) groups is 3. The Labute approximate surface area is 130 Å². The minimum atomic E-state index is -1.20. The van der Waals surface area contributed by atoms with Crippen LogP contribution >= 0.6 is 23.1 Å². The largest absolute Gasteiger partial charge is 0.480 e. The molecule has 21 heavy (non-hydrogen) atoms. The van der Waals surface area contributed by atoms with Crippen LogP contribution in [0.25, 0.3) is 0 Å². The molecule has 1 aliphatic heterocycles. The lowest BCUT2D eigenvalue weighted by molar-refractivity contribution is -0.147. The van der Waals surface area contributed by atoms with Crippen molar-refractivity contribution >= 4 is 40.9 Å². The first-order valence-corrected chi connectivity index (χ1v) is 8.51. The molecular weight excluding hydrogens is 312 g/mol. The number of nitrogens with one attached hydrogen (secondary N) is 2. The Morgan fingerprint density at radius 1 is 1.29 bits per heavy atom. The number of carbonyl (C=O) groups excluding carboxylic acids is 2. The molecule has 8 heteroatoms. The van der Waals surface area contributed by atoms with Crippen LogP contribution in [0.1, 0.15) is 22.5 Å². The zero-order valence-electron chi connectivity index (χ0n) is 11.3. The molecule has 6 nitrogen and oxygen atoms in total. The summed E-state index contributed by atoms with van der Waals surface area (Å²) < 4.78 is 0. The maximum atomic E-state index is 11.9. The van der Waals surface area contributed by atoms with Crippen molar-refractivity contribution in [3.63, 3.8) is 0 Å². The fraction of sp³-hybridized carbons (Fsp3) is 0.462. The van der Waals surface area contributed by atoms with Gasteiger partial charge in [0, 0.05) is 0 Å². The molecule has 0 atom stereocenters. The number of hydrogen-bond donors (Lipinski definition) is 3. The zero-order chi connectivity index (χ0) is 15.3. The summed E-state index contributed by atoms with van der Waals surface area (Å²) in [5.41, 5.74) is -1.20. The molecule has 2 amide bonds. The standard InChI is InChI=1S/C13H16N2O4S2/c16-10(8-14-11(17)9-2-1-5-21-9)15-13(12(18)19)3-6-20-7-4-13/h1-2,5H,3-4,6-8H2,(H,14,17)(H,15,16)(H,18,19). The summed E-state index contributed by atoms with van der Waals surface area (Å²) >= 11 is 2.96. The Balaban J connectivity index is 1.88. The highest BCUT2D eigenvalue weighted by Crippen LogP contribution is 2.27. The fourth-order valence-corrected chi connectivity index (χ4v) is 3.91. The Morgan fingerprint density at radius 3 is 2.57 bits per heavy atom. The number of carboxylic acid groups (broad SMARTS) is 1. The van der Waals surface area contributed by atoms with Crippen LogP contribution in [-0.4, -0.2) is 46.5 Å². The summed E-state index contributed by atoms with van der Waals surface area (Å²) in [4.78, 5) is 35.6. The van der Waals surface area contributed by atoms with Crippen molar-refractivity contribution in [3.05, 3.63) is 22.4 Å². The number of amides is 2. The average molecular weight is 328 g/mol. The van der Waals surface area contributed by atoms with Gasteiger partial charge < -0.3 is 15.7 Å². The first-order chi connectivity index (χ1) is 10.0. The van der Waals surface area contributed by atoms with Crippen LogP contribution in [0.15, 0.2) is 17.5 Å². The molecule has 0 spiro atoms. The Kier molecular flexibility index (Phi) is 5.24. The maximum Gasteiger partial charge on any atom is 0.329 e. The number of thiophene rings is 1. The first kappa shape index (κ1) is 15.8. The predicted molar refractivity (Wildman–Crippen MR) is 81.7 cm³/mol. The van der Waals surface area contributed by atoms with Crippen molar-refractivity contribution in [3.8, 4) is 0 Å². The summed E-state index contributed by atoms with van der Waals surface area (Å²) in [6, 6.07) is 3.41. The quantitative estimate of drug-likeness (QED) is 0.748. The smallest absolute Gasteiger partial charge is 0.329 e. The lowest BCUT2D eigenvalue weighted by Gasteiger charge is -2.33. The van der Waals surface area contributed by atoms with Gasteiger partial charge >= 0.3 is 5.97 Å². The minimum Gasteiger partial charge on any atom is -0.480 e. The van der Waals surface area contributed by atoms with Crippen molar-refractivity contribution in [1.82, 2.24) is 10.6 Å². The van der Waals surface area contributed by atoms with Gasteiger partial charge in [-0.05, 0) is 35.8 Å². The molecule has 2 rings (SSSR count). The normalized spacial score (nSPS) is 17.0. The highest BCUT2D eigenvalue weighted by molar-refractivity contribution is 7.99.